The van der Waals surface area contributed by atoms with Gasteiger partial charge in [-0.3, -0.25) is 4.79 Å². The first-order valence-corrected chi connectivity index (χ1v) is 10.8. The van der Waals surface area contributed by atoms with Crippen LogP contribution >= 0.6 is 0 Å². The number of aryl methyl sites for hydroxylation is 2. The predicted molar refractivity (Wildman–Crippen MR) is 119 cm³/mol. The Morgan fingerprint density at radius 2 is 1.81 bits per heavy atom. The van der Waals surface area contributed by atoms with Crippen molar-refractivity contribution in [1.82, 2.24) is 5.32 Å². The van der Waals surface area contributed by atoms with E-state index in [2.05, 4.69) is 5.32 Å². The molecule has 1 heterocycles. The molecule has 0 radical (unpaired) electrons. The number of ether oxygens (including phenoxy) is 2. The number of hydrogen-bond acceptors (Lipinski definition) is 6. The number of rotatable bonds is 6. The molecule has 7 nitrogen and oxygen atoms in total. The van der Waals surface area contributed by atoms with Crippen molar-refractivity contribution >= 4 is 23.0 Å². The molecule has 32 heavy (non-hydrogen) atoms. The highest BCUT2D eigenvalue weighted by atomic mass is 16.5. The molecule has 4 rings (SSSR count). The van der Waals surface area contributed by atoms with Crippen molar-refractivity contribution in [3.05, 3.63) is 75.1 Å². The average Bonchev–Trinajstić information content (AvgIpc) is 2.78. The van der Waals surface area contributed by atoms with Crippen LogP contribution in [-0.2, 0) is 29.0 Å². The molecule has 0 saturated carbocycles. The summed E-state index contributed by atoms with van der Waals surface area (Å²) >= 11 is 0. The van der Waals surface area contributed by atoms with E-state index in [1.165, 1.54) is 0 Å². The Kier molecular flexibility index (Phi) is 6.54. The molecule has 1 aliphatic carbocycles. The van der Waals surface area contributed by atoms with E-state index in [4.69, 9.17) is 13.9 Å². The molecule has 7 heteroatoms. The van der Waals surface area contributed by atoms with Crippen LogP contribution < -0.4 is 15.7 Å². The lowest BCUT2D eigenvalue weighted by molar-refractivity contribution is -0.134. The molecule has 1 N–H and O–H groups in total. The molecule has 0 unspecified atom stereocenters. The Bertz CT molecular complexity index is 1200. The third-order valence-electron chi connectivity index (χ3n) is 5.46. The first-order chi connectivity index (χ1) is 15.5. The molecule has 1 amide bonds. The first kappa shape index (κ1) is 21.6. The molecule has 1 aromatic heterocycles. The van der Waals surface area contributed by atoms with Crippen LogP contribution in [0.2, 0.25) is 0 Å². The second-order valence-corrected chi connectivity index (χ2v) is 7.90. The normalized spacial score (nSPS) is 12.8. The maximum atomic E-state index is 12.5. The van der Waals surface area contributed by atoms with E-state index in [1.54, 1.807) is 12.1 Å². The van der Waals surface area contributed by atoms with Crippen molar-refractivity contribution in [3.8, 4) is 5.75 Å². The number of alkyl carbamates (subject to hydrolysis) is 1. The number of amides is 1. The zero-order chi connectivity index (χ0) is 22.5. The van der Waals surface area contributed by atoms with Gasteiger partial charge in [0.1, 0.15) is 17.9 Å². The van der Waals surface area contributed by atoms with Crippen LogP contribution in [0.15, 0.2) is 51.7 Å². The van der Waals surface area contributed by atoms with Crippen molar-refractivity contribution < 1.29 is 23.5 Å². The lowest BCUT2D eigenvalue weighted by atomic mass is 9.90. The predicted octanol–water partition coefficient (Wildman–Crippen LogP) is 4.20. The standard InChI is InChI=1S/C25H25NO6/c1-16-13-20(23-18-9-5-6-10-19(18)24(28)32-21(23)14-16)31-22(27)11-12-26-25(29)30-15-17-7-3-2-4-8-17/h2-4,7-8,13-14H,5-6,9-12,15H2,1H3,(H,26,29). The van der Waals surface area contributed by atoms with E-state index in [9.17, 15) is 14.4 Å². The van der Waals surface area contributed by atoms with Gasteiger partial charge < -0.3 is 19.2 Å². The highest BCUT2D eigenvalue weighted by molar-refractivity contribution is 5.91. The van der Waals surface area contributed by atoms with E-state index in [0.29, 0.717) is 28.7 Å². The minimum atomic E-state index is -0.599. The number of carbonyl (C=O) groups is 2. The minimum absolute atomic E-state index is 0.0190. The molecule has 1 aliphatic rings. The van der Waals surface area contributed by atoms with Gasteiger partial charge in [-0.15, -0.1) is 0 Å². The van der Waals surface area contributed by atoms with Gasteiger partial charge in [0.05, 0.1) is 11.8 Å². The molecule has 0 aliphatic heterocycles. The summed E-state index contributed by atoms with van der Waals surface area (Å²) in [6.07, 6.45) is 2.72. The third kappa shape index (κ3) is 4.99. The van der Waals surface area contributed by atoms with Gasteiger partial charge in [0.15, 0.2) is 0 Å². The van der Waals surface area contributed by atoms with Crippen LogP contribution in [0.3, 0.4) is 0 Å². The van der Waals surface area contributed by atoms with E-state index in [0.717, 1.165) is 36.0 Å². The number of nitrogens with one attached hydrogen (secondary N) is 1. The van der Waals surface area contributed by atoms with E-state index in [-0.39, 0.29) is 25.2 Å². The number of hydrogen-bond donors (Lipinski definition) is 1. The van der Waals surface area contributed by atoms with E-state index in [1.807, 2.05) is 37.3 Å². The van der Waals surface area contributed by atoms with Crippen molar-refractivity contribution in [2.45, 2.75) is 45.6 Å². The molecular weight excluding hydrogens is 410 g/mol. The van der Waals surface area contributed by atoms with Crippen LogP contribution in [0.4, 0.5) is 4.79 Å². The molecule has 0 spiro atoms. The second kappa shape index (κ2) is 9.68. The SMILES string of the molecule is Cc1cc(OC(=O)CCNC(=O)OCc2ccccc2)c2c3c(c(=O)oc2c1)CCCC3. The lowest BCUT2D eigenvalue weighted by Gasteiger charge is -2.18. The van der Waals surface area contributed by atoms with E-state index >= 15 is 0 Å². The average molecular weight is 435 g/mol. The van der Waals surface area contributed by atoms with Gasteiger partial charge >= 0.3 is 17.7 Å². The van der Waals surface area contributed by atoms with Crippen LogP contribution in [0.25, 0.3) is 11.0 Å². The lowest BCUT2D eigenvalue weighted by Crippen LogP contribution is -2.27. The first-order valence-electron chi connectivity index (χ1n) is 10.8. The summed E-state index contributed by atoms with van der Waals surface area (Å²) in [6.45, 7) is 2.09. The van der Waals surface area contributed by atoms with Crippen molar-refractivity contribution in [3.63, 3.8) is 0 Å². The van der Waals surface area contributed by atoms with Gasteiger partial charge in [0.2, 0.25) is 0 Å². The van der Waals surface area contributed by atoms with Crippen LogP contribution in [0, 0.1) is 6.92 Å². The Morgan fingerprint density at radius 3 is 2.59 bits per heavy atom. The summed E-state index contributed by atoms with van der Waals surface area (Å²) in [6, 6.07) is 12.9. The van der Waals surface area contributed by atoms with Gasteiger partial charge in [-0.2, -0.15) is 0 Å². The molecule has 0 fully saturated rings. The molecule has 0 bridgehead atoms. The van der Waals surface area contributed by atoms with Gasteiger partial charge in [0, 0.05) is 12.1 Å². The number of esters is 1. The summed E-state index contributed by atoms with van der Waals surface area (Å²) in [5.41, 5.74) is 3.40. The fraction of sp³-hybridized carbons (Fsp3) is 0.320. The smallest absolute Gasteiger partial charge is 0.407 e. The molecule has 3 aromatic rings. The van der Waals surface area contributed by atoms with Gasteiger partial charge in [-0.05, 0) is 61.4 Å². The molecule has 0 atom stereocenters. The Balaban J connectivity index is 1.39. The van der Waals surface area contributed by atoms with Crippen molar-refractivity contribution in [2.24, 2.45) is 0 Å². The minimum Gasteiger partial charge on any atom is -0.445 e. The Morgan fingerprint density at radius 1 is 1.06 bits per heavy atom. The second-order valence-electron chi connectivity index (χ2n) is 7.90. The fourth-order valence-corrected chi connectivity index (χ4v) is 3.96. The summed E-state index contributed by atoms with van der Waals surface area (Å²) in [4.78, 5) is 36.6. The fourth-order valence-electron chi connectivity index (χ4n) is 3.96. The van der Waals surface area contributed by atoms with Gasteiger partial charge in [-0.25, -0.2) is 9.59 Å². The maximum absolute atomic E-state index is 12.5. The highest BCUT2D eigenvalue weighted by Gasteiger charge is 2.22. The zero-order valence-electron chi connectivity index (χ0n) is 17.9. The molecule has 2 aromatic carbocycles. The molecule has 166 valence electrons. The van der Waals surface area contributed by atoms with Gasteiger partial charge in [-0.1, -0.05) is 30.3 Å². The number of fused-ring (bicyclic) bond motifs is 3. The largest absolute Gasteiger partial charge is 0.445 e. The number of benzene rings is 2. The Hall–Kier alpha value is -3.61. The van der Waals surface area contributed by atoms with Crippen LogP contribution in [0.5, 0.6) is 5.75 Å². The van der Waals surface area contributed by atoms with Crippen LogP contribution in [0.1, 0.15) is 41.5 Å². The summed E-state index contributed by atoms with van der Waals surface area (Å²) in [5.74, 6) is -0.102. The highest BCUT2D eigenvalue weighted by Crippen LogP contribution is 2.34. The zero-order valence-corrected chi connectivity index (χ0v) is 17.9. The third-order valence-corrected chi connectivity index (χ3v) is 5.46. The van der Waals surface area contributed by atoms with Crippen LogP contribution in [-0.4, -0.2) is 18.6 Å². The van der Waals surface area contributed by atoms with Crippen molar-refractivity contribution in [2.75, 3.05) is 6.54 Å². The maximum Gasteiger partial charge on any atom is 0.407 e. The quantitative estimate of drug-likeness (QED) is 0.354. The van der Waals surface area contributed by atoms with E-state index < -0.39 is 12.1 Å². The van der Waals surface area contributed by atoms with Gasteiger partial charge in [0.25, 0.3) is 0 Å². The van der Waals surface area contributed by atoms with Crippen molar-refractivity contribution in [1.29, 1.82) is 0 Å². The summed E-state index contributed by atoms with van der Waals surface area (Å²) < 4.78 is 16.3. The topological polar surface area (TPSA) is 94.8 Å². The molecular formula is C25H25NO6. The monoisotopic (exact) mass is 435 g/mol. The number of carbonyl (C=O) groups excluding carboxylic acids is 2. The summed E-state index contributed by atoms with van der Waals surface area (Å²) in [5, 5.41) is 3.24. The summed E-state index contributed by atoms with van der Waals surface area (Å²) in [7, 11) is 0. The molecule has 0 saturated heterocycles. The Labute approximate surface area is 185 Å².